The average molecular weight is 113 g/mol. The van der Waals surface area contributed by atoms with Crippen LogP contribution in [0.15, 0.2) is 4.99 Å². The quantitative estimate of drug-likeness (QED) is 0.300. The van der Waals surface area contributed by atoms with E-state index in [0.717, 1.165) is 0 Å². The van der Waals surface area contributed by atoms with E-state index in [1.54, 1.807) is 14.1 Å². The molecule has 0 aliphatic carbocycles. The van der Waals surface area contributed by atoms with Crippen molar-refractivity contribution >= 4 is 12.7 Å². The Balaban J connectivity index is 3.39. The summed E-state index contributed by atoms with van der Waals surface area (Å²) in [6.07, 6.45) is 0. The van der Waals surface area contributed by atoms with Crippen molar-refractivity contribution < 1.29 is 0 Å². The minimum atomic E-state index is -0.0602. The van der Waals surface area contributed by atoms with Gasteiger partial charge in [-0.1, -0.05) is 6.72 Å². The van der Waals surface area contributed by atoms with Gasteiger partial charge in [-0.15, -0.1) is 0 Å². The summed E-state index contributed by atoms with van der Waals surface area (Å²) in [5.41, 5.74) is 3.58. The molecule has 0 amide bonds. The molecule has 4 nitrogen and oxygen atoms in total. The molecule has 0 atom stereocenters. The molecule has 4 heteroatoms. The van der Waals surface area contributed by atoms with Crippen LogP contribution in [-0.2, 0) is 0 Å². The number of hydrogen-bond acceptors (Lipinski definition) is 2. The zero-order chi connectivity index (χ0) is 6.57. The zero-order valence-electron chi connectivity index (χ0n) is 5.05. The Morgan fingerprint density at radius 2 is 2.25 bits per heavy atom. The highest BCUT2D eigenvalue weighted by Gasteiger charge is 1.78. The van der Waals surface area contributed by atoms with Crippen LogP contribution < -0.4 is 0 Å². The van der Waals surface area contributed by atoms with Gasteiger partial charge in [0.2, 0.25) is 0 Å². The van der Waals surface area contributed by atoms with Crippen LogP contribution in [0.3, 0.4) is 0 Å². The second-order valence-electron chi connectivity index (χ2n) is 1.43. The van der Waals surface area contributed by atoms with E-state index >= 15 is 0 Å². The maximum Gasteiger partial charge on any atom is 0.0305 e. The van der Waals surface area contributed by atoms with Gasteiger partial charge < -0.3 is 15.8 Å². The van der Waals surface area contributed by atoms with Gasteiger partial charge in [0.05, 0.1) is 0 Å². The number of guanidine groups is 1. The largest absolute Gasteiger partial charge is 0.410 e. The van der Waals surface area contributed by atoms with E-state index in [4.69, 9.17) is 5.41 Å². The first-order valence-electron chi connectivity index (χ1n) is 2.11. The van der Waals surface area contributed by atoms with E-state index < -0.39 is 0 Å². The van der Waals surface area contributed by atoms with Crippen molar-refractivity contribution in [2.45, 2.75) is 0 Å². The van der Waals surface area contributed by atoms with Gasteiger partial charge in [0.1, 0.15) is 0 Å². The number of nitrogens with zero attached hydrogens (tertiary/aromatic N) is 3. The Morgan fingerprint density at radius 3 is 2.38 bits per heavy atom. The fraction of sp³-hybridized carbons (Fsp3) is 0.500. The van der Waals surface area contributed by atoms with E-state index in [1.165, 1.54) is 5.01 Å². The van der Waals surface area contributed by atoms with Gasteiger partial charge in [0, 0.05) is 5.96 Å². The van der Waals surface area contributed by atoms with Crippen LogP contribution >= 0.6 is 0 Å². The van der Waals surface area contributed by atoms with E-state index in [-0.39, 0.29) is 5.96 Å². The third-order valence-corrected chi connectivity index (χ3v) is 0.444. The second kappa shape index (κ2) is 3.15. The minimum Gasteiger partial charge on any atom is -0.410 e. The Kier molecular flexibility index (Phi) is 2.79. The lowest BCUT2D eigenvalue weighted by Gasteiger charge is -2.16. The third kappa shape index (κ3) is 3.30. The van der Waals surface area contributed by atoms with Crippen molar-refractivity contribution in [3.05, 3.63) is 5.43 Å². The smallest absolute Gasteiger partial charge is 0.0305 e. The van der Waals surface area contributed by atoms with E-state index in [9.17, 15) is 0 Å². The minimum absolute atomic E-state index is 0.0602. The topological polar surface area (TPSA) is 53.6 Å². The molecule has 0 saturated carbocycles. The second-order valence-corrected chi connectivity index (χ2v) is 1.43. The lowest BCUT2D eigenvalue weighted by molar-refractivity contribution is 0.541. The highest BCUT2D eigenvalue weighted by Crippen LogP contribution is 1.90. The summed E-state index contributed by atoms with van der Waals surface area (Å²) in [4.78, 5) is 3.25. The van der Waals surface area contributed by atoms with Crippen LogP contribution in [0.2, 0.25) is 0 Å². The van der Waals surface area contributed by atoms with Gasteiger partial charge in [-0.05, 0) is 14.1 Å². The number of rotatable bonds is 1. The monoisotopic (exact) mass is 113 g/mol. The Labute approximate surface area is 48.7 Å². The van der Waals surface area contributed by atoms with Crippen LogP contribution in [0.4, 0.5) is 0 Å². The molecule has 8 heavy (non-hydrogen) atoms. The predicted molar refractivity (Wildman–Crippen MR) is 34.3 cm³/mol. The first-order valence-corrected chi connectivity index (χ1v) is 2.11. The van der Waals surface area contributed by atoms with Gasteiger partial charge in [-0.2, -0.15) is 0 Å². The van der Waals surface area contributed by atoms with Crippen molar-refractivity contribution in [3.8, 4) is 0 Å². The molecule has 0 unspecified atom stereocenters. The van der Waals surface area contributed by atoms with Crippen molar-refractivity contribution in [1.82, 2.24) is 5.01 Å². The molecule has 0 fully saturated rings. The Morgan fingerprint density at radius 1 is 1.75 bits per heavy atom. The molecule has 0 bridgehead atoms. The fourth-order valence-electron chi connectivity index (χ4n) is 0.221. The molecule has 0 heterocycles. The summed E-state index contributed by atoms with van der Waals surface area (Å²) in [6, 6.07) is 0. The molecule has 0 aromatic heterocycles. The highest BCUT2D eigenvalue weighted by atomic mass is 15.5. The molecule has 0 saturated heterocycles. The Bertz CT molecular complexity index is 96.2. The lowest BCUT2D eigenvalue weighted by Crippen LogP contribution is -2.08. The zero-order valence-corrected chi connectivity index (χ0v) is 5.05. The van der Waals surface area contributed by atoms with Gasteiger partial charge in [-0.25, -0.2) is 0 Å². The molecule has 46 valence electrons. The molecule has 0 aromatic carbocycles. The van der Waals surface area contributed by atoms with E-state index in [1.807, 2.05) is 0 Å². The van der Waals surface area contributed by atoms with E-state index in [0.29, 0.717) is 0 Å². The van der Waals surface area contributed by atoms with Gasteiger partial charge >= 0.3 is 0 Å². The summed E-state index contributed by atoms with van der Waals surface area (Å²) >= 11 is 0. The fourth-order valence-corrected chi connectivity index (χ4v) is 0.221. The van der Waals surface area contributed by atoms with Crippen LogP contribution in [0.25, 0.3) is 5.43 Å². The van der Waals surface area contributed by atoms with Crippen LogP contribution in [0.5, 0.6) is 0 Å². The molecular weight excluding hydrogens is 104 g/mol. The summed E-state index contributed by atoms with van der Waals surface area (Å²) in [5.74, 6) is -0.0602. The van der Waals surface area contributed by atoms with E-state index in [2.05, 4.69) is 17.1 Å². The van der Waals surface area contributed by atoms with Crippen LogP contribution in [0, 0.1) is 5.41 Å². The normalized spacial score (nSPS) is 8.88. The SMILES string of the molecule is C=NC(=N)[N-]N(C)C. The molecule has 0 aromatic rings. The first-order chi connectivity index (χ1) is 3.66. The van der Waals surface area contributed by atoms with Gasteiger partial charge in [-0.3, -0.25) is 5.01 Å². The number of aliphatic imine (C=N–C) groups is 1. The summed E-state index contributed by atoms with van der Waals surface area (Å²) in [7, 11) is 3.44. The van der Waals surface area contributed by atoms with Gasteiger partial charge in [0.25, 0.3) is 0 Å². The molecule has 1 N–H and O–H groups in total. The molecule has 0 aliphatic rings. The molecule has 0 rings (SSSR count). The number of hydrogen-bond donors (Lipinski definition) is 1. The molecular formula is C4H9N4-. The highest BCUT2D eigenvalue weighted by molar-refractivity contribution is 5.91. The maximum absolute atomic E-state index is 6.83. The maximum atomic E-state index is 6.83. The summed E-state index contributed by atoms with van der Waals surface area (Å²) in [6.45, 7) is 3.12. The average Bonchev–Trinajstić information content (AvgIpc) is 1.65. The Hall–Kier alpha value is -0.900. The number of nitrogens with one attached hydrogen (secondary N) is 1. The van der Waals surface area contributed by atoms with Crippen molar-refractivity contribution in [1.29, 1.82) is 5.41 Å². The van der Waals surface area contributed by atoms with Gasteiger partial charge in [0.15, 0.2) is 0 Å². The standard InChI is InChI=1S/C4H9N4/c1-6-4(5)7-8(2)3/h1H2,2-3H3,(H-,5,7)/q-1. The van der Waals surface area contributed by atoms with Crippen molar-refractivity contribution in [2.24, 2.45) is 4.99 Å². The predicted octanol–water partition coefficient (Wildman–Crippen LogP) is 0.472. The van der Waals surface area contributed by atoms with Crippen molar-refractivity contribution in [3.63, 3.8) is 0 Å². The summed E-state index contributed by atoms with van der Waals surface area (Å²) < 4.78 is 0. The van der Waals surface area contributed by atoms with Crippen molar-refractivity contribution in [2.75, 3.05) is 14.1 Å². The summed E-state index contributed by atoms with van der Waals surface area (Å²) in [5, 5.41) is 8.33. The molecule has 0 spiro atoms. The lowest BCUT2D eigenvalue weighted by atomic mass is 11.0. The first kappa shape index (κ1) is 7.10. The molecule has 0 aliphatic heterocycles. The molecule has 0 radical (unpaired) electrons. The van der Waals surface area contributed by atoms with Crippen LogP contribution in [0.1, 0.15) is 0 Å². The van der Waals surface area contributed by atoms with Crippen LogP contribution in [-0.4, -0.2) is 31.8 Å². The third-order valence-electron chi connectivity index (χ3n) is 0.444.